The van der Waals surface area contributed by atoms with E-state index in [1.54, 1.807) is 20.8 Å². The van der Waals surface area contributed by atoms with Crippen LogP contribution in [-0.4, -0.2) is 35.3 Å². The molecule has 8 nitrogen and oxygen atoms in total. The van der Waals surface area contributed by atoms with Gasteiger partial charge in [-0.15, -0.1) is 11.3 Å². The first kappa shape index (κ1) is 20.6. The number of thiazole rings is 1. The smallest absolute Gasteiger partial charge is 0.407 e. The number of benzene rings is 1. The van der Waals surface area contributed by atoms with Gasteiger partial charge in [0.2, 0.25) is 0 Å². The molecule has 1 N–H and O–H groups in total. The van der Waals surface area contributed by atoms with Gasteiger partial charge in [0.25, 0.3) is 0 Å². The summed E-state index contributed by atoms with van der Waals surface area (Å²) in [5, 5.41) is 13.8. The molecule has 27 heavy (non-hydrogen) atoms. The number of rotatable bonds is 6. The highest BCUT2D eigenvalue weighted by atomic mass is 32.1. The van der Waals surface area contributed by atoms with Crippen molar-refractivity contribution in [3.63, 3.8) is 0 Å². The van der Waals surface area contributed by atoms with Gasteiger partial charge in [-0.25, -0.2) is 14.2 Å². The van der Waals surface area contributed by atoms with Crippen LogP contribution in [0.25, 0.3) is 10.4 Å². The predicted octanol–water partition coefficient (Wildman–Crippen LogP) is 3.93. The quantitative estimate of drug-likeness (QED) is 0.585. The van der Waals surface area contributed by atoms with Crippen LogP contribution in [-0.2, 0) is 11.2 Å². The summed E-state index contributed by atoms with van der Waals surface area (Å²) in [7, 11) is 1.24. The maximum absolute atomic E-state index is 14.4. The summed E-state index contributed by atoms with van der Waals surface area (Å²) in [5.74, 6) is -0.804. The predicted molar refractivity (Wildman–Crippen MR) is 98.7 cm³/mol. The molecule has 2 rings (SSSR count). The van der Waals surface area contributed by atoms with Gasteiger partial charge in [-0.05, 0) is 20.8 Å². The molecule has 10 heteroatoms. The monoisotopic (exact) mass is 397 g/mol. The third kappa shape index (κ3) is 5.36. The first-order chi connectivity index (χ1) is 12.6. The van der Waals surface area contributed by atoms with Crippen molar-refractivity contribution in [2.75, 3.05) is 13.7 Å². The van der Waals surface area contributed by atoms with Crippen LogP contribution in [0, 0.1) is 15.9 Å². The third-order valence-corrected chi connectivity index (χ3v) is 4.28. The van der Waals surface area contributed by atoms with E-state index < -0.39 is 22.4 Å². The second kappa shape index (κ2) is 8.30. The van der Waals surface area contributed by atoms with E-state index in [-0.39, 0.29) is 23.5 Å². The van der Waals surface area contributed by atoms with E-state index in [4.69, 9.17) is 9.47 Å². The van der Waals surface area contributed by atoms with Crippen LogP contribution in [0.15, 0.2) is 17.6 Å². The Morgan fingerprint density at radius 1 is 1.41 bits per heavy atom. The SMILES string of the molecule is COc1cc(F)c(-c2scnc2CCNC(=O)OC(C)(C)C)cc1[N+](=O)[O-]. The van der Waals surface area contributed by atoms with Crippen LogP contribution in [0.1, 0.15) is 26.5 Å². The molecule has 0 spiro atoms. The molecule has 0 aliphatic heterocycles. The number of aromatic nitrogens is 1. The molecule has 0 saturated heterocycles. The number of hydrogen-bond acceptors (Lipinski definition) is 7. The van der Waals surface area contributed by atoms with Crippen molar-refractivity contribution in [3.8, 4) is 16.2 Å². The van der Waals surface area contributed by atoms with E-state index in [0.29, 0.717) is 17.0 Å². The van der Waals surface area contributed by atoms with Crippen molar-refractivity contribution in [2.24, 2.45) is 0 Å². The second-order valence-corrected chi connectivity index (χ2v) is 7.42. The van der Waals surface area contributed by atoms with Crippen molar-refractivity contribution >= 4 is 23.1 Å². The van der Waals surface area contributed by atoms with Gasteiger partial charge in [-0.2, -0.15) is 0 Å². The summed E-state index contributed by atoms with van der Waals surface area (Å²) >= 11 is 1.16. The number of hydrogen-bond donors (Lipinski definition) is 1. The molecule has 0 fully saturated rings. The number of nitrogens with zero attached hydrogens (tertiary/aromatic N) is 2. The van der Waals surface area contributed by atoms with Crippen LogP contribution in [0.2, 0.25) is 0 Å². The van der Waals surface area contributed by atoms with Crippen LogP contribution in [0.5, 0.6) is 5.75 Å². The first-order valence-electron chi connectivity index (χ1n) is 8.04. The molecule has 1 amide bonds. The summed E-state index contributed by atoms with van der Waals surface area (Å²) in [5.41, 5.74) is 1.17. The standard InChI is InChI=1S/C17H20FN3O5S/c1-17(2,3)26-16(22)19-6-5-12-15(27-9-20-12)10-7-13(21(23)24)14(25-4)8-11(10)18/h7-9H,5-6H2,1-4H3,(H,19,22). The maximum Gasteiger partial charge on any atom is 0.407 e. The van der Waals surface area contributed by atoms with Gasteiger partial charge in [0, 0.05) is 30.7 Å². The topological polar surface area (TPSA) is 104 Å². The highest BCUT2D eigenvalue weighted by Gasteiger charge is 2.23. The number of nitrogens with one attached hydrogen (secondary N) is 1. The zero-order chi connectivity index (χ0) is 20.2. The molecule has 0 unspecified atom stereocenters. The Balaban J connectivity index is 2.18. The largest absolute Gasteiger partial charge is 0.490 e. The van der Waals surface area contributed by atoms with Crippen molar-refractivity contribution in [1.29, 1.82) is 0 Å². The van der Waals surface area contributed by atoms with Crippen LogP contribution >= 0.6 is 11.3 Å². The fourth-order valence-corrected chi connectivity index (χ4v) is 3.15. The molecule has 0 aliphatic rings. The number of carbonyl (C=O) groups is 1. The van der Waals surface area contributed by atoms with Crippen LogP contribution < -0.4 is 10.1 Å². The Bertz CT molecular complexity index is 848. The third-order valence-electron chi connectivity index (χ3n) is 3.38. The van der Waals surface area contributed by atoms with Crippen LogP contribution in [0.4, 0.5) is 14.9 Å². The van der Waals surface area contributed by atoms with Crippen molar-refractivity contribution in [2.45, 2.75) is 32.8 Å². The molecule has 2 aromatic rings. The lowest BCUT2D eigenvalue weighted by molar-refractivity contribution is -0.385. The lowest BCUT2D eigenvalue weighted by Crippen LogP contribution is -2.33. The molecule has 146 valence electrons. The average molecular weight is 397 g/mol. The number of ether oxygens (including phenoxy) is 2. The number of halogens is 1. The zero-order valence-corrected chi connectivity index (χ0v) is 16.2. The number of carbonyl (C=O) groups excluding carboxylic acids is 1. The van der Waals surface area contributed by atoms with Gasteiger partial charge < -0.3 is 14.8 Å². The minimum atomic E-state index is -0.650. The number of amides is 1. The Labute approximate surface area is 159 Å². The summed E-state index contributed by atoms with van der Waals surface area (Å²) < 4.78 is 24.5. The minimum Gasteiger partial charge on any atom is -0.490 e. The fraction of sp³-hybridized carbons (Fsp3) is 0.412. The molecule has 0 aliphatic carbocycles. The number of nitro groups is 1. The van der Waals surface area contributed by atoms with E-state index in [0.717, 1.165) is 23.5 Å². The van der Waals surface area contributed by atoms with E-state index in [1.165, 1.54) is 12.6 Å². The molecule has 1 aromatic heterocycles. The Hall–Kier alpha value is -2.75. The molecular weight excluding hydrogens is 377 g/mol. The van der Waals surface area contributed by atoms with Gasteiger partial charge >= 0.3 is 11.8 Å². The minimum absolute atomic E-state index is 0.0669. The van der Waals surface area contributed by atoms with Gasteiger partial charge in [0.05, 0.1) is 28.1 Å². The molecular formula is C17H20FN3O5S. The Morgan fingerprint density at radius 2 is 2.11 bits per heavy atom. The van der Waals surface area contributed by atoms with E-state index in [9.17, 15) is 19.3 Å². The average Bonchev–Trinajstić information content (AvgIpc) is 3.00. The van der Waals surface area contributed by atoms with E-state index >= 15 is 0 Å². The number of alkyl carbamates (subject to hydrolysis) is 1. The highest BCUT2D eigenvalue weighted by Crippen LogP contribution is 2.37. The summed E-state index contributed by atoms with van der Waals surface area (Å²) in [4.78, 5) is 26.9. The molecule has 0 radical (unpaired) electrons. The molecule has 1 aromatic carbocycles. The molecule has 0 bridgehead atoms. The number of nitro benzene ring substituents is 1. The van der Waals surface area contributed by atoms with Crippen LogP contribution in [0.3, 0.4) is 0 Å². The van der Waals surface area contributed by atoms with Crippen molar-refractivity contribution in [1.82, 2.24) is 10.3 Å². The van der Waals surface area contributed by atoms with Gasteiger partial charge in [-0.3, -0.25) is 10.1 Å². The lowest BCUT2D eigenvalue weighted by atomic mass is 10.1. The van der Waals surface area contributed by atoms with E-state index in [1.807, 2.05) is 0 Å². The maximum atomic E-state index is 14.4. The van der Waals surface area contributed by atoms with Gasteiger partial charge in [-0.1, -0.05) is 0 Å². The van der Waals surface area contributed by atoms with Crippen molar-refractivity contribution < 1.29 is 23.6 Å². The van der Waals surface area contributed by atoms with Gasteiger partial charge in [0.1, 0.15) is 11.4 Å². The Kier molecular flexibility index (Phi) is 6.32. The second-order valence-electron chi connectivity index (χ2n) is 6.57. The lowest BCUT2D eigenvalue weighted by Gasteiger charge is -2.19. The number of methoxy groups -OCH3 is 1. The summed E-state index contributed by atoms with van der Waals surface area (Å²) in [6.07, 6.45) is -0.248. The molecule has 0 saturated carbocycles. The Morgan fingerprint density at radius 3 is 2.70 bits per heavy atom. The van der Waals surface area contributed by atoms with Gasteiger partial charge in [0.15, 0.2) is 5.75 Å². The zero-order valence-electron chi connectivity index (χ0n) is 15.4. The molecule has 0 atom stereocenters. The summed E-state index contributed by atoms with van der Waals surface area (Å²) in [6.45, 7) is 5.49. The van der Waals surface area contributed by atoms with Crippen molar-refractivity contribution in [3.05, 3.63) is 39.3 Å². The fourth-order valence-electron chi connectivity index (χ4n) is 2.29. The molecule has 1 heterocycles. The highest BCUT2D eigenvalue weighted by molar-refractivity contribution is 7.13. The van der Waals surface area contributed by atoms with E-state index in [2.05, 4.69) is 10.3 Å². The normalized spacial score (nSPS) is 11.1. The first-order valence-corrected chi connectivity index (χ1v) is 8.92. The summed E-state index contributed by atoms with van der Waals surface area (Å²) in [6, 6.07) is 2.11.